The third-order valence-electron chi connectivity index (χ3n) is 3.20. The Morgan fingerprint density at radius 3 is 2.41 bits per heavy atom. The molecule has 0 aromatic heterocycles. The summed E-state index contributed by atoms with van der Waals surface area (Å²) in [7, 11) is -3.18. The van der Waals surface area contributed by atoms with E-state index in [1.54, 1.807) is 12.1 Å². The molecule has 3 heteroatoms. The molecule has 0 aliphatic heterocycles. The van der Waals surface area contributed by atoms with E-state index in [1.807, 2.05) is 25.1 Å². The van der Waals surface area contributed by atoms with Crippen LogP contribution in [0.4, 0.5) is 0 Å². The first-order valence-electron chi connectivity index (χ1n) is 6.47. The molecule has 0 radical (unpaired) electrons. The Hall–Kier alpha value is -0.590. The zero-order chi connectivity index (χ0) is 12.7. The van der Waals surface area contributed by atoms with E-state index >= 15 is 0 Å². The lowest BCUT2D eigenvalue weighted by Crippen LogP contribution is -2.14. The topological polar surface area (TPSA) is 37.3 Å². The highest BCUT2D eigenvalue weighted by Crippen LogP contribution is 2.46. The van der Waals surface area contributed by atoms with Gasteiger partial charge in [-0.2, -0.15) is 0 Å². The third kappa shape index (κ3) is 4.29. The van der Waals surface area contributed by atoms with Crippen LogP contribution in [-0.2, 0) is 4.57 Å². The Kier molecular flexibility index (Phi) is 5.94. The van der Waals surface area contributed by atoms with Crippen LogP contribution >= 0.6 is 7.37 Å². The molecule has 1 rings (SSSR count). The van der Waals surface area contributed by atoms with Crippen molar-refractivity contribution in [2.24, 2.45) is 0 Å². The fraction of sp³-hybridized carbons (Fsp3) is 0.571. The number of hydrogen-bond donors (Lipinski definition) is 1. The second-order valence-electron chi connectivity index (χ2n) is 4.66. The molecule has 0 saturated carbocycles. The fourth-order valence-electron chi connectivity index (χ4n) is 1.94. The molecule has 1 aromatic rings. The van der Waals surface area contributed by atoms with Gasteiger partial charge in [0.2, 0.25) is 7.37 Å². The van der Waals surface area contributed by atoms with Gasteiger partial charge in [0.15, 0.2) is 0 Å². The van der Waals surface area contributed by atoms with Gasteiger partial charge in [0.1, 0.15) is 0 Å². The Balaban J connectivity index is 2.55. The molecule has 0 saturated heterocycles. The second kappa shape index (κ2) is 6.98. The lowest BCUT2D eigenvalue weighted by molar-refractivity contribution is 0.469. The van der Waals surface area contributed by atoms with Gasteiger partial charge in [-0.05, 0) is 18.6 Å². The van der Waals surface area contributed by atoms with Crippen LogP contribution in [0.15, 0.2) is 30.3 Å². The average molecular weight is 254 g/mol. The summed E-state index contributed by atoms with van der Waals surface area (Å²) in [6.45, 7) is 4.06. The van der Waals surface area contributed by atoms with Crippen LogP contribution in [-0.4, -0.2) is 10.6 Å². The second-order valence-corrected chi connectivity index (χ2v) is 7.30. The zero-order valence-corrected chi connectivity index (χ0v) is 11.7. The molecule has 0 fully saturated rings. The van der Waals surface area contributed by atoms with Crippen molar-refractivity contribution in [3.8, 4) is 0 Å². The van der Waals surface area contributed by atoms with Crippen LogP contribution in [0.3, 0.4) is 0 Å². The Bertz CT molecular complexity index is 362. The Morgan fingerprint density at radius 1 is 1.18 bits per heavy atom. The molecule has 0 bridgehead atoms. The molecule has 0 spiro atoms. The van der Waals surface area contributed by atoms with Gasteiger partial charge in [-0.1, -0.05) is 57.7 Å². The number of unbranched alkanes of at least 4 members (excludes halogenated alkanes) is 3. The van der Waals surface area contributed by atoms with Gasteiger partial charge in [-0.25, -0.2) is 0 Å². The summed E-state index contributed by atoms with van der Waals surface area (Å²) in [6, 6.07) is 9.02. The van der Waals surface area contributed by atoms with Crippen LogP contribution in [0.1, 0.15) is 46.0 Å². The van der Waals surface area contributed by atoms with Crippen LogP contribution < -0.4 is 5.30 Å². The lowest BCUT2D eigenvalue weighted by Gasteiger charge is -2.19. The quantitative estimate of drug-likeness (QED) is 0.591. The molecule has 2 atom stereocenters. The standard InChI is InChI=1S/C14H23O2P/c1-3-4-5-7-10-13(2)17(15,16)14-11-8-6-9-12-14/h6,8-9,11-13H,3-5,7,10H2,1-2H3,(H,15,16). The first-order chi connectivity index (χ1) is 8.09. The third-order valence-corrected chi connectivity index (χ3v) is 5.69. The van der Waals surface area contributed by atoms with Crippen LogP contribution in [0.2, 0.25) is 0 Å². The van der Waals surface area contributed by atoms with Crippen molar-refractivity contribution in [2.45, 2.75) is 51.6 Å². The summed E-state index contributed by atoms with van der Waals surface area (Å²) in [4.78, 5) is 10.2. The minimum Gasteiger partial charge on any atom is -0.341 e. The van der Waals surface area contributed by atoms with E-state index in [0.29, 0.717) is 5.30 Å². The number of hydrogen-bond acceptors (Lipinski definition) is 1. The predicted octanol–water partition coefficient (Wildman–Crippen LogP) is 3.94. The van der Waals surface area contributed by atoms with Crippen molar-refractivity contribution in [3.05, 3.63) is 30.3 Å². The summed E-state index contributed by atoms with van der Waals surface area (Å²) < 4.78 is 12.3. The fourth-order valence-corrected chi connectivity index (χ4v) is 3.58. The highest BCUT2D eigenvalue weighted by atomic mass is 31.2. The smallest absolute Gasteiger partial charge is 0.232 e. The monoisotopic (exact) mass is 254 g/mol. The maximum Gasteiger partial charge on any atom is 0.232 e. The van der Waals surface area contributed by atoms with Crippen LogP contribution in [0.25, 0.3) is 0 Å². The first-order valence-corrected chi connectivity index (χ1v) is 8.20. The van der Waals surface area contributed by atoms with Crippen molar-refractivity contribution in [1.29, 1.82) is 0 Å². The lowest BCUT2D eigenvalue weighted by atomic mass is 10.1. The Morgan fingerprint density at radius 2 is 1.82 bits per heavy atom. The van der Waals surface area contributed by atoms with Gasteiger partial charge in [0, 0.05) is 11.0 Å². The Labute approximate surface area is 105 Å². The van der Waals surface area contributed by atoms with Crippen molar-refractivity contribution in [2.75, 3.05) is 0 Å². The van der Waals surface area contributed by atoms with Gasteiger partial charge in [0.25, 0.3) is 0 Å². The van der Waals surface area contributed by atoms with Gasteiger partial charge in [-0.15, -0.1) is 0 Å². The largest absolute Gasteiger partial charge is 0.341 e. The molecule has 0 amide bonds. The maximum absolute atomic E-state index is 12.3. The van der Waals surface area contributed by atoms with Crippen molar-refractivity contribution >= 4 is 12.7 Å². The van der Waals surface area contributed by atoms with E-state index in [2.05, 4.69) is 6.92 Å². The highest BCUT2D eigenvalue weighted by Gasteiger charge is 2.28. The summed E-state index contributed by atoms with van der Waals surface area (Å²) in [6.07, 6.45) is 5.46. The molecule has 2 unspecified atom stereocenters. The minimum atomic E-state index is -3.18. The molecule has 1 N–H and O–H groups in total. The molecule has 96 valence electrons. The maximum atomic E-state index is 12.3. The first kappa shape index (κ1) is 14.5. The van der Waals surface area contributed by atoms with E-state index in [9.17, 15) is 9.46 Å². The van der Waals surface area contributed by atoms with Gasteiger partial charge >= 0.3 is 0 Å². The van der Waals surface area contributed by atoms with Crippen molar-refractivity contribution in [3.63, 3.8) is 0 Å². The van der Waals surface area contributed by atoms with E-state index in [0.717, 1.165) is 19.3 Å². The van der Waals surface area contributed by atoms with Gasteiger partial charge in [-0.3, -0.25) is 4.57 Å². The summed E-state index contributed by atoms with van der Waals surface area (Å²) >= 11 is 0. The molecule has 2 nitrogen and oxygen atoms in total. The molecule has 0 aliphatic carbocycles. The molecule has 0 heterocycles. The molecular formula is C14H23O2P. The van der Waals surface area contributed by atoms with Crippen molar-refractivity contribution in [1.82, 2.24) is 0 Å². The highest BCUT2D eigenvalue weighted by molar-refractivity contribution is 7.66. The molecule has 17 heavy (non-hydrogen) atoms. The van der Waals surface area contributed by atoms with E-state index in [4.69, 9.17) is 0 Å². The normalized spacial score (nSPS) is 16.4. The van der Waals surface area contributed by atoms with Crippen LogP contribution in [0, 0.1) is 0 Å². The summed E-state index contributed by atoms with van der Waals surface area (Å²) in [5, 5.41) is 0.586. The predicted molar refractivity (Wildman–Crippen MR) is 74.1 cm³/mol. The average Bonchev–Trinajstić information content (AvgIpc) is 2.35. The number of rotatable bonds is 7. The molecule has 1 aromatic carbocycles. The number of benzene rings is 1. The SMILES string of the molecule is CCCCCCC(C)P(=O)(O)c1ccccc1. The van der Waals surface area contributed by atoms with Crippen molar-refractivity contribution < 1.29 is 9.46 Å². The minimum absolute atomic E-state index is 0.137. The summed E-state index contributed by atoms with van der Waals surface area (Å²) in [5.74, 6) is 0. The van der Waals surface area contributed by atoms with Gasteiger partial charge < -0.3 is 4.89 Å². The van der Waals surface area contributed by atoms with E-state index in [1.165, 1.54) is 12.8 Å². The molecule has 0 aliphatic rings. The zero-order valence-electron chi connectivity index (χ0n) is 10.8. The van der Waals surface area contributed by atoms with Crippen LogP contribution in [0.5, 0.6) is 0 Å². The summed E-state index contributed by atoms with van der Waals surface area (Å²) in [5.41, 5.74) is -0.137. The van der Waals surface area contributed by atoms with E-state index in [-0.39, 0.29) is 5.66 Å². The van der Waals surface area contributed by atoms with Gasteiger partial charge in [0.05, 0.1) is 0 Å². The van der Waals surface area contributed by atoms with E-state index < -0.39 is 7.37 Å². The molecular weight excluding hydrogens is 231 g/mol.